The Morgan fingerprint density at radius 2 is 1.94 bits per heavy atom. The van der Waals surface area contributed by atoms with E-state index in [2.05, 4.69) is 31.4 Å². The summed E-state index contributed by atoms with van der Waals surface area (Å²) in [5, 5.41) is 0.365. The number of hydrazine groups is 1. The summed E-state index contributed by atoms with van der Waals surface area (Å²) in [6.07, 6.45) is 0. The van der Waals surface area contributed by atoms with Crippen LogP contribution in [0.15, 0.2) is 34.7 Å². The van der Waals surface area contributed by atoms with E-state index >= 15 is 0 Å². The van der Waals surface area contributed by atoms with E-state index in [1.807, 2.05) is 12.1 Å². The number of rotatable bonds is 3. The summed E-state index contributed by atoms with van der Waals surface area (Å²) in [6.45, 7) is 4.15. The molecule has 0 amide bonds. The fraction of sp³-hybridized carbons (Fsp3) is 0.231. The van der Waals surface area contributed by atoms with Crippen molar-refractivity contribution in [2.45, 2.75) is 19.9 Å². The Bertz CT molecular complexity index is 522. The zero-order chi connectivity index (χ0) is 12.4. The second-order valence-corrected chi connectivity index (χ2v) is 4.46. The number of hydrogen-bond donors (Lipinski definition) is 2. The maximum atomic E-state index is 5.77. The number of aryl methyl sites for hydroxylation is 2. The number of hydrogen-bond acceptors (Lipinski definition) is 3. The summed E-state index contributed by atoms with van der Waals surface area (Å²) in [4.78, 5) is 0. The number of nitrogens with one attached hydrogen (secondary N) is 1. The first-order valence-corrected chi connectivity index (χ1v) is 5.78. The van der Waals surface area contributed by atoms with Crippen LogP contribution in [0.3, 0.4) is 0 Å². The Labute approximate surface area is 106 Å². The van der Waals surface area contributed by atoms with Crippen molar-refractivity contribution in [1.29, 1.82) is 0 Å². The van der Waals surface area contributed by atoms with Gasteiger partial charge in [-0.1, -0.05) is 18.2 Å². The normalized spacial score (nSPS) is 12.7. The summed E-state index contributed by atoms with van der Waals surface area (Å²) < 4.78 is 5.38. The minimum atomic E-state index is -0.179. The maximum Gasteiger partial charge on any atom is 0.193 e. The van der Waals surface area contributed by atoms with Gasteiger partial charge in [0.1, 0.15) is 11.8 Å². The zero-order valence-electron chi connectivity index (χ0n) is 9.83. The Morgan fingerprint density at radius 3 is 2.47 bits per heavy atom. The van der Waals surface area contributed by atoms with Crippen LogP contribution in [-0.2, 0) is 0 Å². The van der Waals surface area contributed by atoms with Crippen LogP contribution in [0, 0.1) is 13.8 Å². The van der Waals surface area contributed by atoms with Gasteiger partial charge < -0.3 is 4.42 Å². The van der Waals surface area contributed by atoms with E-state index in [0.29, 0.717) is 11.0 Å². The van der Waals surface area contributed by atoms with E-state index in [9.17, 15) is 0 Å². The van der Waals surface area contributed by atoms with Crippen LogP contribution in [0.4, 0.5) is 0 Å². The third-order valence-corrected chi connectivity index (χ3v) is 3.11. The van der Waals surface area contributed by atoms with Crippen molar-refractivity contribution in [1.82, 2.24) is 5.43 Å². The predicted octanol–water partition coefficient (Wildman–Crippen LogP) is 3.10. The van der Waals surface area contributed by atoms with Gasteiger partial charge in [0.25, 0.3) is 0 Å². The second kappa shape index (κ2) is 4.92. The fourth-order valence-electron chi connectivity index (χ4n) is 1.77. The molecule has 0 radical (unpaired) electrons. The lowest BCUT2D eigenvalue weighted by Gasteiger charge is -2.15. The summed E-state index contributed by atoms with van der Waals surface area (Å²) in [7, 11) is 0. The molecule has 0 aliphatic carbocycles. The quantitative estimate of drug-likeness (QED) is 0.650. The topological polar surface area (TPSA) is 51.2 Å². The van der Waals surface area contributed by atoms with Gasteiger partial charge in [0.2, 0.25) is 0 Å². The van der Waals surface area contributed by atoms with E-state index in [4.69, 9.17) is 21.9 Å². The van der Waals surface area contributed by atoms with Crippen molar-refractivity contribution in [2.24, 2.45) is 5.84 Å². The third kappa shape index (κ3) is 2.52. The molecule has 4 heteroatoms. The summed E-state index contributed by atoms with van der Waals surface area (Å²) >= 11 is 5.77. The van der Waals surface area contributed by atoms with Gasteiger partial charge in [0.15, 0.2) is 5.22 Å². The number of benzene rings is 1. The number of furan rings is 1. The summed E-state index contributed by atoms with van der Waals surface area (Å²) in [6, 6.07) is 9.55. The SMILES string of the molecule is Cc1ccc(C(NN)c2ccc(Cl)o2)cc1C. The molecule has 1 heterocycles. The molecule has 0 saturated heterocycles. The molecular formula is C13H15ClN2O. The van der Waals surface area contributed by atoms with Crippen molar-refractivity contribution < 1.29 is 4.42 Å². The standard InChI is InChI=1S/C13H15ClN2O/c1-8-3-4-10(7-9(8)2)13(16-15)11-5-6-12(14)17-11/h3-7,13,16H,15H2,1-2H3. The first-order chi connectivity index (χ1) is 8.11. The Hall–Kier alpha value is -1.29. The molecule has 1 unspecified atom stereocenters. The van der Waals surface area contributed by atoms with Gasteiger partial charge in [-0.05, 0) is 54.3 Å². The number of halogens is 1. The number of nitrogens with two attached hydrogens (primary N) is 1. The van der Waals surface area contributed by atoms with Crippen molar-refractivity contribution in [3.05, 3.63) is 58.0 Å². The van der Waals surface area contributed by atoms with Crippen molar-refractivity contribution in [2.75, 3.05) is 0 Å². The Kier molecular flexibility index (Phi) is 3.52. The first kappa shape index (κ1) is 12.2. The van der Waals surface area contributed by atoms with Crippen LogP contribution in [-0.4, -0.2) is 0 Å². The first-order valence-electron chi connectivity index (χ1n) is 5.40. The van der Waals surface area contributed by atoms with Crippen LogP contribution < -0.4 is 11.3 Å². The lowest BCUT2D eigenvalue weighted by molar-refractivity contribution is 0.453. The molecular weight excluding hydrogens is 236 g/mol. The average Bonchev–Trinajstić information content (AvgIpc) is 2.71. The molecule has 0 saturated carbocycles. The summed E-state index contributed by atoms with van der Waals surface area (Å²) in [5.74, 6) is 6.29. The highest BCUT2D eigenvalue weighted by Crippen LogP contribution is 2.26. The molecule has 1 aromatic heterocycles. The fourth-order valence-corrected chi connectivity index (χ4v) is 1.92. The lowest BCUT2D eigenvalue weighted by Crippen LogP contribution is -2.28. The van der Waals surface area contributed by atoms with Crippen LogP contribution >= 0.6 is 11.6 Å². The van der Waals surface area contributed by atoms with Gasteiger partial charge in [-0.2, -0.15) is 0 Å². The highest BCUT2D eigenvalue weighted by atomic mass is 35.5. The van der Waals surface area contributed by atoms with E-state index < -0.39 is 0 Å². The van der Waals surface area contributed by atoms with Crippen molar-refractivity contribution in [3.63, 3.8) is 0 Å². The Morgan fingerprint density at radius 1 is 1.18 bits per heavy atom. The van der Waals surface area contributed by atoms with Crippen molar-refractivity contribution in [3.8, 4) is 0 Å². The maximum absolute atomic E-state index is 5.77. The van der Waals surface area contributed by atoms with Gasteiger partial charge in [-0.15, -0.1) is 0 Å². The molecule has 1 atom stereocenters. The molecule has 3 N–H and O–H groups in total. The van der Waals surface area contributed by atoms with Gasteiger partial charge in [-0.3, -0.25) is 5.84 Å². The van der Waals surface area contributed by atoms with Gasteiger partial charge in [-0.25, -0.2) is 5.43 Å². The second-order valence-electron chi connectivity index (χ2n) is 4.09. The largest absolute Gasteiger partial charge is 0.448 e. The van der Waals surface area contributed by atoms with E-state index in [0.717, 1.165) is 5.56 Å². The van der Waals surface area contributed by atoms with E-state index in [-0.39, 0.29) is 6.04 Å². The highest BCUT2D eigenvalue weighted by Gasteiger charge is 2.16. The summed E-state index contributed by atoms with van der Waals surface area (Å²) in [5.41, 5.74) is 6.27. The molecule has 0 bridgehead atoms. The Balaban J connectivity index is 2.38. The van der Waals surface area contributed by atoms with E-state index in [1.54, 1.807) is 6.07 Å². The molecule has 0 aliphatic heterocycles. The lowest BCUT2D eigenvalue weighted by atomic mass is 10.00. The predicted molar refractivity (Wildman–Crippen MR) is 68.8 cm³/mol. The zero-order valence-corrected chi connectivity index (χ0v) is 10.6. The molecule has 2 aromatic rings. The van der Waals surface area contributed by atoms with Crippen molar-refractivity contribution >= 4 is 11.6 Å². The minimum absolute atomic E-state index is 0.179. The molecule has 2 rings (SSSR count). The van der Waals surface area contributed by atoms with Gasteiger partial charge in [0, 0.05) is 0 Å². The molecule has 0 fully saturated rings. The van der Waals surface area contributed by atoms with Gasteiger partial charge >= 0.3 is 0 Å². The highest BCUT2D eigenvalue weighted by molar-refractivity contribution is 6.28. The molecule has 1 aromatic carbocycles. The smallest absolute Gasteiger partial charge is 0.193 e. The molecule has 90 valence electrons. The molecule has 0 aliphatic rings. The molecule has 17 heavy (non-hydrogen) atoms. The minimum Gasteiger partial charge on any atom is -0.448 e. The van der Waals surface area contributed by atoms with Crippen LogP contribution in [0.1, 0.15) is 28.5 Å². The third-order valence-electron chi connectivity index (χ3n) is 2.91. The molecule has 0 spiro atoms. The average molecular weight is 251 g/mol. The van der Waals surface area contributed by atoms with E-state index in [1.165, 1.54) is 11.1 Å². The van der Waals surface area contributed by atoms with Crippen LogP contribution in [0.25, 0.3) is 0 Å². The van der Waals surface area contributed by atoms with Crippen LogP contribution in [0.5, 0.6) is 0 Å². The van der Waals surface area contributed by atoms with Gasteiger partial charge in [0.05, 0.1) is 0 Å². The molecule has 3 nitrogen and oxygen atoms in total. The van der Waals surface area contributed by atoms with Crippen LogP contribution in [0.2, 0.25) is 5.22 Å². The monoisotopic (exact) mass is 250 g/mol.